The van der Waals surface area contributed by atoms with Crippen LogP contribution < -0.4 is 5.43 Å². The number of aromatic amines is 1. The predicted molar refractivity (Wildman–Crippen MR) is 113 cm³/mol. The van der Waals surface area contributed by atoms with Crippen molar-refractivity contribution in [3.05, 3.63) is 88.4 Å². The van der Waals surface area contributed by atoms with E-state index in [2.05, 4.69) is 20.5 Å². The van der Waals surface area contributed by atoms with Crippen LogP contribution in [-0.4, -0.2) is 22.1 Å². The van der Waals surface area contributed by atoms with Crippen LogP contribution in [0.15, 0.2) is 71.8 Å². The molecule has 0 aliphatic carbocycles. The third-order valence-electron chi connectivity index (χ3n) is 4.47. The summed E-state index contributed by atoms with van der Waals surface area (Å²) in [7, 11) is 0. The van der Waals surface area contributed by atoms with E-state index in [1.165, 1.54) is 12.1 Å². The number of hydrazone groups is 1. The number of halogens is 4. The summed E-state index contributed by atoms with van der Waals surface area (Å²) >= 11 is 6.21. The fourth-order valence-corrected chi connectivity index (χ4v) is 3.18. The van der Waals surface area contributed by atoms with E-state index in [9.17, 15) is 18.0 Å². The van der Waals surface area contributed by atoms with Crippen LogP contribution in [0.5, 0.6) is 0 Å². The smallest absolute Gasteiger partial charge is 0.338 e. The molecule has 4 aromatic rings. The molecule has 0 atom stereocenters. The lowest BCUT2D eigenvalue weighted by molar-refractivity contribution is -0.137. The van der Waals surface area contributed by atoms with Crippen molar-refractivity contribution < 1.29 is 18.0 Å². The second-order valence-corrected chi connectivity index (χ2v) is 7.03. The van der Waals surface area contributed by atoms with Crippen molar-refractivity contribution in [2.24, 2.45) is 5.10 Å². The molecule has 1 heterocycles. The number of H-pyrrole nitrogens is 1. The lowest BCUT2D eigenvalue weighted by Crippen LogP contribution is -2.17. The molecule has 0 saturated heterocycles. The Morgan fingerprint density at radius 1 is 1.06 bits per heavy atom. The summed E-state index contributed by atoms with van der Waals surface area (Å²) in [5.74, 6) is 0.0553. The number of hydrogen-bond donors (Lipinski definition) is 2. The molecule has 0 aliphatic heterocycles. The van der Waals surface area contributed by atoms with Gasteiger partial charge in [0.2, 0.25) is 0 Å². The van der Waals surface area contributed by atoms with Crippen molar-refractivity contribution in [1.82, 2.24) is 15.4 Å². The number of imidazole rings is 1. The van der Waals surface area contributed by atoms with Crippen molar-refractivity contribution >= 4 is 34.8 Å². The van der Waals surface area contributed by atoms with Crippen molar-refractivity contribution in [1.29, 1.82) is 0 Å². The van der Waals surface area contributed by atoms with E-state index >= 15 is 0 Å². The average Bonchev–Trinajstić information content (AvgIpc) is 3.16. The number of nitrogens with one attached hydrogen (secondary N) is 2. The first-order chi connectivity index (χ1) is 14.8. The Kier molecular flexibility index (Phi) is 5.48. The first kappa shape index (κ1) is 20.6. The number of rotatable bonds is 4. The zero-order chi connectivity index (χ0) is 22.0. The maximum Gasteiger partial charge on any atom is 0.416 e. The molecular formula is C22H14ClF3N4O. The summed E-state index contributed by atoms with van der Waals surface area (Å²) in [6.45, 7) is 0. The molecule has 3 aromatic carbocycles. The largest absolute Gasteiger partial charge is 0.416 e. The number of aromatic nitrogens is 2. The molecule has 0 spiro atoms. The second-order valence-electron chi connectivity index (χ2n) is 6.62. The van der Waals surface area contributed by atoms with Crippen LogP contribution in [0.1, 0.15) is 21.5 Å². The Labute approximate surface area is 179 Å². The maximum atomic E-state index is 12.8. The molecule has 4 rings (SSSR count). The van der Waals surface area contributed by atoms with Crippen LogP contribution >= 0.6 is 11.6 Å². The van der Waals surface area contributed by atoms with E-state index in [4.69, 9.17) is 11.6 Å². The maximum absolute atomic E-state index is 12.8. The molecule has 156 valence electrons. The van der Waals surface area contributed by atoms with Gasteiger partial charge in [-0.05, 0) is 48.0 Å². The lowest BCUT2D eigenvalue weighted by atomic mass is 10.1. The number of hydrogen-bond acceptors (Lipinski definition) is 3. The molecule has 0 aliphatic rings. The Hall–Kier alpha value is -3.65. The molecule has 0 unspecified atom stereocenters. The van der Waals surface area contributed by atoms with E-state index in [1.54, 1.807) is 24.3 Å². The fourth-order valence-electron chi connectivity index (χ4n) is 2.96. The molecule has 0 saturated carbocycles. The van der Waals surface area contributed by atoms with Crippen LogP contribution in [0.3, 0.4) is 0 Å². The van der Waals surface area contributed by atoms with Gasteiger partial charge in [-0.3, -0.25) is 4.79 Å². The van der Waals surface area contributed by atoms with E-state index in [0.29, 0.717) is 27.4 Å². The Morgan fingerprint density at radius 2 is 1.87 bits per heavy atom. The highest BCUT2D eigenvalue weighted by Gasteiger charge is 2.30. The van der Waals surface area contributed by atoms with Crippen LogP contribution in [0, 0.1) is 0 Å². The average molecular weight is 443 g/mol. The number of fused-ring (bicyclic) bond motifs is 1. The standard InChI is InChI=1S/C22H14ClF3N4O/c23-17-7-2-1-6-16(17)20-28-18-9-8-14(11-19(18)29-20)21(31)30-27-12-13-4-3-5-15(10-13)22(24,25)26/h1-12H,(H,28,29)(H,30,31)/b27-12+. The Morgan fingerprint density at radius 3 is 2.65 bits per heavy atom. The summed E-state index contributed by atoms with van der Waals surface area (Å²) in [4.78, 5) is 20.0. The highest BCUT2D eigenvalue weighted by Crippen LogP contribution is 2.29. The molecular weight excluding hydrogens is 429 g/mol. The van der Waals surface area contributed by atoms with Gasteiger partial charge in [0, 0.05) is 11.1 Å². The van der Waals surface area contributed by atoms with Gasteiger partial charge in [-0.15, -0.1) is 0 Å². The van der Waals surface area contributed by atoms with Crippen LogP contribution in [-0.2, 0) is 6.18 Å². The monoisotopic (exact) mass is 442 g/mol. The summed E-state index contributed by atoms with van der Waals surface area (Å²) < 4.78 is 38.3. The van der Waals surface area contributed by atoms with Gasteiger partial charge in [0.15, 0.2) is 0 Å². The number of nitrogens with zero attached hydrogens (tertiary/aromatic N) is 2. The summed E-state index contributed by atoms with van der Waals surface area (Å²) in [6.07, 6.45) is -3.30. The number of amides is 1. The van der Waals surface area contributed by atoms with Crippen molar-refractivity contribution in [3.63, 3.8) is 0 Å². The van der Waals surface area contributed by atoms with Gasteiger partial charge in [-0.1, -0.05) is 35.9 Å². The van der Waals surface area contributed by atoms with Gasteiger partial charge in [0.05, 0.1) is 27.8 Å². The van der Waals surface area contributed by atoms with Crippen molar-refractivity contribution in [3.8, 4) is 11.4 Å². The molecule has 1 aromatic heterocycles. The number of carbonyl (C=O) groups is 1. The van der Waals surface area contributed by atoms with Crippen molar-refractivity contribution in [2.45, 2.75) is 6.18 Å². The number of benzene rings is 3. The van der Waals surface area contributed by atoms with E-state index in [-0.39, 0.29) is 5.56 Å². The Balaban J connectivity index is 1.51. The zero-order valence-corrected chi connectivity index (χ0v) is 16.5. The van der Waals surface area contributed by atoms with E-state index in [1.807, 2.05) is 18.2 Å². The molecule has 1 amide bonds. The highest BCUT2D eigenvalue weighted by molar-refractivity contribution is 6.33. The minimum atomic E-state index is -4.45. The molecule has 9 heteroatoms. The third kappa shape index (κ3) is 4.59. The minimum Gasteiger partial charge on any atom is -0.338 e. The summed E-state index contributed by atoms with van der Waals surface area (Å²) in [6, 6.07) is 16.7. The summed E-state index contributed by atoms with van der Waals surface area (Å²) in [5, 5.41) is 4.30. The molecule has 2 N–H and O–H groups in total. The third-order valence-corrected chi connectivity index (χ3v) is 4.80. The Bertz CT molecular complexity index is 1300. The van der Waals surface area contributed by atoms with Gasteiger partial charge in [-0.25, -0.2) is 10.4 Å². The molecule has 0 fully saturated rings. The first-order valence-electron chi connectivity index (χ1n) is 9.06. The van der Waals surface area contributed by atoms with E-state index in [0.717, 1.165) is 23.9 Å². The van der Waals surface area contributed by atoms with Crippen LogP contribution in [0.4, 0.5) is 13.2 Å². The highest BCUT2D eigenvalue weighted by atomic mass is 35.5. The lowest BCUT2D eigenvalue weighted by Gasteiger charge is -2.06. The molecule has 0 radical (unpaired) electrons. The first-order valence-corrected chi connectivity index (χ1v) is 9.44. The molecule has 5 nitrogen and oxygen atoms in total. The van der Waals surface area contributed by atoms with Gasteiger partial charge in [0.25, 0.3) is 5.91 Å². The predicted octanol–water partition coefficient (Wildman–Crippen LogP) is 5.67. The second kappa shape index (κ2) is 8.23. The van der Waals surface area contributed by atoms with Gasteiger partial charge in [-0.2, -0.15) is 18.3 Å². The number of alkyl halides is 3. The minimum absolute atomic E-state index is 0.212. The molecule has 0 bridgehead atoms. The fraction of sp³-hybridized carbons (Fsp3) is 0.0455. The number of carbonyl (C=O) groups excluding carboxylic acids is 1. The zero-order valence-electron chi connectivity index (χ0n) is 15.7. The quantitative estimate of drug-likeness (QED) is 0.316. The van der Waals surface area contributed by atoms with Gasteiger partial charge >= 0.3 is 6.18 Å². The molecule has 31 heavy (non-hydrogen) atoms. The van der Waals surface area contributed by atoms with Crippen molar-refractivity contribution in [2.75, 3.05) is 0 Å². The van der Waals surface area contributed by atoms with Gasteiger partial charge in [0.1, 0.15) is 5.82 Å². The van der Waals surface area contributed by atoms with E-state index < -0.39 is 17.6 Å². The SMILES string of the molecule is O=C(N/N=C/c1cccc(C(F)(F)F)c1)c1ccc2nc(-c3ccccc3Cl)[nH]c2c1. The van der Waals surface area contributed by atoms with Crippen LogP contribution in [0.25, 0.3) is 22.4 Å². The normalized spacial score (nSPS) is 11.9. The van der Waals surface area contributed by atoms with Crippen LogP contribution in [0.2, 0.25) is 5.02 Å². The summed E-state index contributed by atoms with van der Waals surface area (Å²) in [5.41, 5.74) is 4.06. The topological polar surface area (TPSA) is 70.1 Å². The van der Waals surface area contributed by atoms with Gasteiger partial charge < -0.3 is 4.98 Å².